The number of imidazole rings is 1. The second kappa shape index (κ2) is 8.31. The first-order valence-electron chi connectivity index (χ1n) is 10.6. The van der Waals surface area contributed by atoms with E-state index in [9.17, 15) is 14.4 Å². The maximum absolute atomic E-state index is 13.4. The molecule has 0 saturated carbocycles. The molecule has 1 atom stereocenters. The summed E-state index contributed by atoms with van der Waals surface area (Å²) >= 11 is 0. The summed E-state index contributed by atoms with van der Waals surface area (Å²) in [6.45, 7) is 1.76. The highest BCUT2D eigenvalue weighted by Gasteiger charge is 2.41. The topological polar surface area (TPSA) is 97.2 Å². The first kappa shape index (κ1) is 20.6. The SMILES string of the molecule is CC(=O)c1ccc(NC(=O)CC2C(=O)N(Cc3ccccn3)c3nc4ccccc4n32)cc1. The maximum atomic E-state index is 13.4. The van der Waals surface area contributed by atoms with Crippen molar-refractivity contribution in [3.63, 3.8) is 0 Å². The Kier molecular flexibility index (Phi) is 5.18. The predicted molar refractivity (Wildman–Crippen MR) is 124 cm³/mol. The van der Waals surface area contributed by atoms with Gasteiger partial charge in [-0.3, -0.25) is 28.8 Å². The fraction of sp³-hybridized carbons (Fsp3) is 0.160. The molecule has 2 aromatic carbocycles. The van der Waals surface area contributed by atoms with Crippen molar-refractivity contribution in [1.82, 2.24) is 14.5 Å². The molecule has 1 aliphatic heterocycles. The lowest BCUT2D eigenvalue weighted by Crippen LogP contribution is -2.31. The van der Waals surface area contributed by atoms with Crippen molar-refractivity contribution < 1.29 is 14.4 Å². The molecule has 0 bridgehead atoms. The van der Waals surface area contributed by atoms with E-state index in [0.29, 0.717) is 17.2 Å². The fourth-order valence-corrected chi connectivity index (χ4v) is 4.08. The van der Waals surface area contributed by atoms with E-state index in [1.165, 1.54) is 6.92 Å². The number of benzene rings is 2. The zero-order valence-electron chi connectivity index (χ0n) is 17.9. The smallest absolute Gasteiger partial charge is 0.253 e. The van der Waals surface area contributed by atoms with Crippen molar-refractivity contribution in [2.24, 2.45) is 0 Å². The Bertz CT molecular complexity index is 1360. The fourth-order valence-electron chi connectivity index (χ4n) is 4.08. The molecule has 164 valence electrons. The van der Waals surface area contributed by atoms with Gasteiger partial charge in [-0.05, 0) is 55.5 Å². The van der Waals surface area contributed by atoms with Gasteiger partial charge in [-0.25, -0.2) is 4.98 Å². The zero-order valence-corrected chi connectivity index (χ0v) is 17.9. The van der Waals surface area contributed by atoms with Crippen LogP contribution in [0.25, 0.3) is 11.0 Å². The lowest BCUT2D eigenvalue weighted by atomic mass is 10.1. The van der Waals surface area contributed by atoms with Crippen LogP contribution in [0.2, 0.25) is 0 Å². The van der Waals surface area contributed by atoms with Gasteiger partial charge in [0, 0.05) is 17.4 Å². The number of para-hydroxylation sites is 2. The van der Waals surface area contributed by atoms with Crippen molar-refractivity contribution in [2.75, 3.05) is 10.2 Å². The second-order valence-corrected chi connectivity index (χ2v) is 7.92. The van der Waals surface area contributed by atoms with E-state index in [1.807, 2.05) is 47.0 Å². The lowest BCUT2D eigenvalue weighted by Gasteiger charge is -2.15. The van der Waals surface area contributed by atoms with E-state index >= 15 is 0 Å². The van der Waals surface area contributed by atoms with Crippen molar-refractivity contribution in [3.8, 4) is 0 Å². The number of amides is 2. The Morgan fingerprint density at radius 3 is 2.48 bits per heavy atom. The number of nitrogens with one attached hydrogen (secondary N) is 1. The first-order valence-corrected chi connectivity index (χ1v) is 10.6. The van der Waals surface area contributed by atoms with Gasteiger partial charge in [-0.2, -0.15) is 0 Å². The minimum Gasteiger partial charge on any atom is -0.326 e. The molecular weight excluding hydrogens is 418 g/mol. The molecule has 0 radical (unpaired) electrons. The van der Waals surface area contributed by atoms with E-state index in [2.05, 4.69) is 15.3 Å². The minimum atomic E-state index is -0.715. The van der Waals surface area contributed by atoms with Crippen molar-refractivity contribution in [2.45, 2.75) is 25.9 Å². The number of ketones is 1. The number of carbonyl (C=O) groups is 3. The summed E-state index contributed by atoms with van der Waals surface area (Å²) in [5.41, 5.74) is 3.43. The van der Waals surface area contributed by atoms with Crippen LogP contribution in [-0.4, -0.2) is 32.1 Å². The Labute approximate surface area is 189 Å². The molecule has 0 fully saturated rings. The molecular formula is C25H21N5O3. The number of Topliss-reactive ketones (excluding diaryl/α,β-unsaturated/α-hetero) is 1. The quantitative estimate of drug-likeness (QED) is 0.462. The number of nitrogens with zero attached hydrogens (tertiary/aromatic N) is 4. The van der Waals surface area contributed by atoms with Crippen LogP contribution in [0.3, 0.4) is 0 Å². The summed E-state index contributed by atoms with van der Waals surface area (Å²) in [6.07, 6.45) is 1.64. The van der Waals surface area contributed by atoms with Gasteiger partial charge >= 0.3 is 0 Å². The number of anilines is 2. The highest BCUT2D eigenvalue weighted by atomic mass is 16.2. The van der Waals surface area contributed by atoms with E-state index in [0.717, 1.165) is 16.7 Å². The van der Waals surface area contributed by atoms with E-state index in [4.69, 9.17) is 0 Å². The van der Waals surface area contributed by atoms with E-state index in [-0.39, 0.29) is 30.6 Å². The van der Waals surface area contributed by atoms with Gasteiger partial charge in [0.1, 0.15) is 6.04 Å². The minimum absolute atomic E-state index is 0.0423. The third-order valence-corrected chi connectivity index (χ3v) is 5.68. The van der Waals surface area contributed by atoms with Crippen LogP contribution in [0.5, 0.6) is 0 Å². The number of pyridine rings is 1. The normalized spacial score (nSPS) is 15.0. The van der Waals surface area contributed by atoms with Gasteiger partial charge in [0.05, 0.1) is 29.7 Å². The summed E-state index contributed by atoms with van der Waals surface area (Å²) < 4.78 is 1.83. The Morgan fingerprint density at radius 2 is 1.76 bits per heavy atom. The standard InChI is InChI=1S/C25H21N5O3/c1-16(31)17-9-11-18(12-10-17)27-23(32)14-22-24(33)29(15-19-6-4-5-13-26-19)25-28-20-7-2-3-8-21(20)30(22)25/h2-13,22H,14-15H2,1H3,(H,27,32). The van der Waals surface area contributed by atoms with Crippen LogP contribution in [0.1, 0.15) is 35.4 Å². The number of carbonyl (C=O) groups excluding carboxylic acids is 3. The number of rotatable bonds is 6. The molecule has 0 aliphatic carbocycles. The van der Waals surface area contributed by atoms with Gasteiger partial charge in [-0.1, -0.05) is 18.2 Å². The van der Waals surface area contributed by atoms with Crippen LogP contribution >= 0.6 is 0 Å². The summed E-state index contributed by atoms with van der Waals surface area (Å²) in [7, 11) is 0. The molecule has 33 heavy (non-hydrogen) atoms. The van der Waals surface area contributed by atoms with Crippen molar-refractivity contribution >= 4 is 40.3 Å². The van der Waals surface area contributed by atoms with E-state index in [1.54, 1.807) is 35.4 Å². The number of hydrogen-bond acceptors (Lipinski definition) is 5. The molecule has 8 heteroatoms. The average Bonchev–Trinajstić information content (AvgIpc) is 3.31. The van der Waals surface area contributed by atoms with Gasteiger partial charge < -0.3 is 5.32 Å². The molecule has 1 N–H and O–H groups in total. The monoisotopic (exact) mass is 439 g/mol. The largest absolute Gasteiger partial charge is 0.326 e. The summed E-state index contributed by atoms with van der Waals surface area (Å²) in [5, 5.41) is 2.82. The summed E-state index contributed by atoms with van der Waals surface area (Å²) in [5.74, 6) is -0.0317. The third-order valence-electron chi connectivity index (χ3n) is 5.68. The summed E-state index contributed by atoms with van der Waals surface area (Å²) in [4.78, 5) is 48.3. The third kappa shape index (κ3) is 3.87. The highest BCUT2D eigenvalue weighted by molar-refractivity contribution is 6.05. The molecule has 3 heterocycles. The molecule has 1 aliphatic rings. The molecule has 5 rings (SSSR count). The number of hydrogen-bond donors (Lipinski definition) is 1. The molecule has 0 spiro atoms. The molecule has 0 saturated heterocycles. The van der Waals surface area contributed by atoms with Crippen molar-refractivity contribution in [1.29, 1.82) is 0 Å². The highest BCUT2D eigenvalue weighted by Crippen LogP contribution is 2.37. The Hall–Kier alpha value is -4.33. The summed E-state index contributed by atoms with van der Waals surface area (Å²) in [6, 6.07) is 19.1. The molecule has 2 aromatic heterocycles. The second-order valence-electron chi connectivity index (χ2n) is 7.92. The van der Waals surface area contributed by atoms with Crippen LogP contribution in [-0.2, 0) is 16.1 Å². The van der Waals surface area contributed by atoms with E-state index < -0.39 is 6.04 Å². The zero-order chi connectivity index (χ0) is 22.9. The van der Waals surface area contributed by atoms with Crippen LogP contribution < -0.4 is 10.2 Å². The average molecular weight is 439 g/mol. The lowest BCUT2D eigenvalue weighted by molar-refractivity contribution is -0.124. The van der Waals surface area contributed by atoms with Gasteiger partial charge in [0.25, 0.3) is 5.91 Å². The van der Waals surface area contributed by atoms with Gasteiger partial charge in [-0.15, -0.1) is 0 Å². The molecule has 8 nitrogen and oxygen atoms in total. The Morgan fingerprint density at radius 1 is 1.00 bits per heavy atom. The Balaban J connectivity index is 1.43. The molecule has 2 amide bonds. The maximum Gasteiger partial charge on any atom is 0.253 e. The van der Waals surface area contributed by atoms with Crippen molar-refractivity contribution in [3.05, 3.63) is 84.2 Å². The van der Waals surface area contributed by atoms with Crippen LogP contribution in [0.15, 0.2) is 72.9 Å². The van der Waals surface area contributed by atoms with Crippen LogP contribution in [0.4, 0.5) is 11.6 Å². The molecule has 1 unspecified atom stereocenters. The van der Waals surface area contributed by atoms with Crippen LogP contribution in [0, 0.1) is 0 Å². The first-order chi connectivity index (χ1) is 16.0. The van der Waals surface area contributed by atoms with Gasteiger partial charge in [0.15, 0.2) is 5.78 Å². The van der Waals surface area contributed by atoms with Gasteiger partial charge in [0.2, 0.25) is 11.9 Å². The number of fused-ring (bicyclic) bond motifs is 3. The predicted octanol–water partition coefficient (Wildman–Crippen LogP) is 3.75. The number of aromatic nitrogens is 3. The molecule has 4 aromatic rings.